The van der Waals surface area contributed by atoms with Crippen LogP contribution in [0.15, 0.2) is 0 Å². The molecule has 0 saturated heterocycles. The maximum Gasteiger partial charge on any atom is 0.439 e. The molecule has 20 heavy (non-hydrogen) atoms. The minimum Gasteiger partial charge on any atom is -0.457 e. The van der Waals surface area contributed by atoms with Crippen molar-refractivity contribution in [2.45, 2.75) is 64.5 Å². The molecule has 0 amide bonds. The molecule has 0 fully saturated rings. The molecule has 0 aliphatic heterocycles. The predicted molar refractivity (Wildman–Crippen MR) is 62.7 cm³/mol. The Morgan fingerprint density at radius 2 is 1.05 bits per heavy atom. The van der Waals surface area contributed by atoms with E-state index in [2.05, 4.69) is 9.47 Å². The lowest BCUT2D eigenvalue weighted by Gasteiger charge is -2.32. The summed E-state index contributed by atoms with van der Waals surface area (Å²) in [5.41, 5.74) is -6.97. The van der Waals surface area contributed by atoms with Crippen LogP contribution in [0.1, 0.15) is 41.5 Å². The maximum absolute atomic E-state index is 12.9. The fourth-order valence-corrected chi connectivity index (χ4v) is 1.02. The summed E-state index contributed by atoms with van der Waals surface area (Å²) in [4.78, 5) is 23.1. The number of alkyl halides is 3. The van der Waals surface area contributed by atoms with Gasteiger partial charge in [0.2, 0.25) is 0 Å². The van der Waals surface area contributed by atoms with Crippen molar-refractivity contribution in [3.8, 4) is 0 Å². The Morgan fingerprint density at radius 3 is 1.20 bits per heavy atom. The highest BCUT2D eigenvalue weighted by atomic mass is 19.4. The van der Waals surface area contributed by atoms with Crippen LogP contribution in [0.5, 0.6) is 0 Å². The van der Waals surface area contributed by atoms with E-state index in [4.69, 9.17) is 0 Å². The Balaban J connectivity index is 5.55. The molecule has 5 nitrogen and oxygen atoms in total. The zero-order valence-electron chi connectivity index (χ0n) is 12.2. The van der Waals surface area contributed by atoms with Crippen LogP contribution >= 0.6 is 0 Å². The zero-order chi connectivity index (χ0) is 16.6. The van der Waals surface area contributed by atoms with Gasteiger partial charge in [-0.15, -0.1) is 0 Å². The summed E-state index contributed by atoms with van der Waals surface area (Å²) < 4.78 is 47.6. The number of aliphatic hydroxyl groups is 1. The molecule has 0 unspecified atom stereocenters. The normalized spacial score (nSPS) is 13.9. The second-order valence-corrected chi connectivity index (χ2v) is 6.21. The van der Waals surface area contributed by atoms with Gasteiger partial charge in [-0.05, 0) is 41.5 Å². The monoisotopic (exact) mass is 300 g/mol. The molecule has 0 radical (unpaired) electrons. The number of esters is 2. The highest BCUT2D eigenvalue weighted by Crippen LogP contribution is 2.35. The molecule has 0 aromatic carbocycles. The molecule has 0 aromatic heterocycles. The van der Waals surface area contributed by atoms with Crippen molar-refractivity contribution in [3.63, 3.8) is 0 Å². The topological polar surface area (TPSA) is 72.8 Å². The average Bonchev–Trinajstić information content (AvgIpc) is 2.08. The van der Waals surface area contributed by atoms with E-state index in [-0.39, 0.29) is 0 Å². The second-order valence-electron chi connectivity index (χ2n) is 6.21. The molecule has 0 rings (SSSR count). The molecule has 0 heterocycles. The third kappa shape index (κ3) is 4.66. The standard InChI is InChI=1S/C12H19F3O5/c1-9(2,3)19-7(16)11(18,12(13,14)15)8(17)20-10(4,5)6/h18H,1-6H3. The number of ether oxygens (including phenoxy) is 2. The Labute approximate surface area is 115 Å². The Morgan fingerprint density at radius 1 is 0.800 bits per heavy atom. The van der Waals surface area contributed by atoms with Crippen LogP contribution in [-0.4, -0.2) is 40.0 Å². The molecule has 0 atom stereocenters. The van der Waals surface area contributed by atoms with Crippen LogP contribution in [0.4, 0.5) is 13.2 Å². The van der Waals surface area contributed by atoms with E-state index >= 15 is 0 Å². The second kappa shape index (κ2) is 5.23. The number of hydrogen-bond donors (Lipinski definition) is 1. The molecular formula is C12H19F3O5. The van der Waals surface area contributed by atoms with Gasteiger partial charge in [0.1, 0.15) is 11.2 Å². The van der Waals surface area contributed by atoms with Crippen molar-refractivity contribution in [1.29, 1.82) is 0 Å². The summed E-state index contributed by atoms with van der Waals surface area (Å²) in [6.07, 6.45) is -5.56. The van der Waals surface area contributed by atoms with Crippen LogP contribution in [-0.2, 0) is 19.1 Å². The Hall–Kier alpha value is -1.31. The van der Waals surface area contributed by atoms with Gasteiger partial charge in [0.15, 0.2) is 0 Å². The van der Waals surface area contributed by atoms with Gasteiger partial charge in [-0.25, -0.2) is 9.59 Å². The van der Waals surface area contributed by atoms with Crippen molar-refractivity contribution in [1.82, 2.24) is 0 Å². The summed E-state index contributed by atoms with van der Waals surface area (Å²) in [5, 5.41) is 9.54. The predicted octanol–water partition coefficient (Wildman–Crippen LogP) is 1.96. The van der Waals surface area contributed by atoms with Gasteiger partial charge in [0.05, 0.1) is 0 Å². The molecule has 1 N–H and O–H groups in total. The van der Waals surface area contributed by atoms with Gasteiger partial charge in [-0.3, -0.25) is 0 Å². The van der Waals surface area contributed by atoms with Crippen LogP contribution < -0.4 is 0 Å². The SMILES string of the molecule is CC(C)(C)OC(=O)C(O)(C(=O)OC(C)(C)C)C(F)(F)F. The van der Waals surface area contributed by atoms with Crippen molar-refractivity contribution in [3.05, 3.63) is 0 Å². The molecule has 0 aromatic rings. The van der Waals surface area contributed by atoms with Gasteiger partial charge in [0.25, 0.3) is 0 Å². The van der Waals surface area contributed by atoms with Gasteiger partial charge in [0, 0.05) is 0 Å². The van der Waals surface area contributed by atoms with E-state index in [0.29, 0.717) is 0 Å². The average molecular weight is 300 g/mol. The van der Waals surface area contributed by atoms with Crippen LogP contribution in [0.3, 0.4) is 0 Å². The molecule has 8 heteroatoms. The van der Waals surface area contributed by atoms with Crippen LogP contribution in [0.25, 0.3) is 0 Å². The highest BCUT2D eigenvalue weighted by Gasteiger charge is 2.69. The molecule has 0 saturated carbocycles. The third-order valence-corrected chi connectivity index (χ3v) is 1.80. The first-order chi connectivity index (χ1) is 8.51. The molecule has 0 aliphatic carbocycles. The van der Waals surface area contributed by atoms with E-state index in [1.165, 1.54) is 41.5 Å². The quantitative estimate of drug-likeness (QED) is 0.623. The lowest BCUT2D eigenvalue weighted by molar-refractivity contribution is -0.270. The molecular weight excluding hydrogens is 281 g/mol. The van der Waals surface area contributed by atoms with Crippen LogP contribution in [0, 0.1) is 0 Å². The fraction of sp³-hybridized carbons (Fsp3) is 0.833. The third-order valence-electron chi connectivity index (χ3n) is 1.80. The van der Waals surface area contributed by atoms with E-state index in [1.54, 1.807) is 0 Å². The number of rotatable bonds is 2. The van der Waals surface area contributed by atoms with Crippen molar-refractivity contribution in [2.75, 3.05) is 0 Å². The van der Waals surface area contributed by atoms with E-state index in [1.807, 2.05) is 0 Å². The smallest absolute Gasteiger partial charge is 0.439 e. The first kappa shape index (κ1) is 18.7. The molecule has 118 valence electrons. The summed E-state index contributed by atoms with van der Waals surface area (Å²) in [6.45, 7) is 7.81. The highest BCUT2D eigenvalue weighted by molar-refractivity contribution is 6.04. The fourth-order valence-electron chi connectivity index (χ4n) is 1.02. The Bertz CT molecular complexity index is 359. The summed E-state index contributed by atoms with van der Waals surface area (Å²) >= 11 is 0. The lowest BCUT2D eigenvalue weighted by Crippen LogP contribution is -2.61. The summed E-state index contributed by atoms with van der Waals surface area (Å²) in [5.74, 6) is -4.24. The number of carbonyl (C=O) groups is 2. The van der Waals surface area contributed by atoms with E-state index < -0.39 is 34.9 Å². The summed E-state index contributed by atoms with van der Waals surface area (Å²) in [6, 6.07) is 0. The summed E-state index contributed by atoms with van der Waals surface area (Å²) in [7, 11) is 0. The molecule has 0 bridgehead atoms. The van der Waals surface area contributed by atoms with Crippen LogP contribution in [0.2, 0.25) is 0 Å². The first-order valence-corrected chi connectivity index (χ1v) is 5.77. The van der Waals surface area contributed by atoms with Crippen molar-refractivity contribution < 1.29 is 37.3 Å². The number of halogens is 3. The number of hydrogen-bond acceptors (Lipinski definition) is 5. The van der Waals surface area contributed by atoms with E-state index in [9.17, 15) is 27.9 Å². The minimum absolute atomic E-state index is 1.30. The Kier molecular flexibility index (Phi) is 4.89. The number of carbonyl (C=O) groups excluding carboxylic acids is 2. The van der Waals surface area contributed by atoms with E-state index in [0.717, 1.165) is 0 Å². The maximum atomic E-state index is 12.9. The first-order valence-electron chi connectivity index (χ1n) is 5.77. The van der Waals surface area contributed by atoms with Crippen molar-refractivity contribution in [2.24, 2.45) is 0 Å². The molecule has 0 spiro atoms. The minimum atomic E-state index is -5.56. The zero-order valence-corrected chi connectivity index (χ0v) is 12.2. The van der Waals surface area contributed by atoms with Gasteiger partial charge >= 0.3 is 23.7 Å². The van der Waals surface area contributed by atoms with Crippen molar-refractivity contribution >= 4 is 11.9 Å². The van der Waals surface area contributed by atoms with Gasteiger partial charge in [-0.2, -0.15) is 13.2 Å². The lowest BCUT2D eigenvalue weighted by atomic mass is 10.0. The molecule has 0 aliphatic rings. The van der Waals surface area contributed by atoms with Gasteiger partial charge in [-0.1, -0.05) is 0 Å². The largest absolute Gasteiger partial charge is 0.457 e. The van der Waals surface area contributed by atoms with Gasteiger partial charge < -0.3 is 14.6 Å².